The smallest absolute Gasteiger partial charge is 0.407 e. The molecular formula is C28H32ClN7O3. The summed E-state index contributed by atoms with van der Waals surface area (Å²) < 4.78 is 1.77. The van der Waals surface area contributed by atoms with Gasteiger partial charge in [-0.1, -0.05) is 23.7 Å². The molecule has 0 bridgehead atoms. The Morgan fingerprint density at radius 2 is 1.82 bits per heavy atom. The van der Waals surface area contributed by atoms with E-state index < -0.39 is 12.0 Å². The third-order valence-corrected chi connectivity index (χ3v) is 7.55. The highest BCUT2D eigenvalue weighted by Gasteiger charge is 2.33. The van der Waals surface area contributed by atoms with E-state index in [0.717, 1.165) is 33.4 Å². The van der Waals surface area contributed by atoms with Crippen molar-refractivity contribution in [1.29, 1.82) is 0 Å². The lowest BCUT2D eigenvalue weighted by atomic mass is 9.96. The van der Waals surface area contributed by atoms with Crippen LogP contribution in [0.1, 0.15) is 25.3 Å². The first-order chi connectivity index (χ1) is 18.7. The van der Waals surface area contributed by atoms with Crippen LogP contribution in [0.5, 0.6) is 0 Å². The van der Waals surface area contributed by atoms with E-state index >= 15 is 0 Å². The molecule has 1 atom stereocenters. The Balaban J connectivity index is 1.40. The zero-order valence-electron chi connectivity index (χ0n) is 22.2. The van der Waals surface area contributed by atoms with Crippen LogP contribution in [0.25, 0.3) is 22.2 Å². The Morgan fingerprint density at radius 3 is 2.44 bits per heavy atom. The molecule has 4 aromatic rings. The molecule has 11 heteroatoms. The minimum Gasteiger partial charge on any atom is -0.465 e. The Labute approximate surface area is 231 Å². The number of carbonyl (C=O) groups excluding carboxylic acids is 1. The molecule has 1 aliphatic rings. The number of amides is 2. The fourth-order valence-electron chi connectivity index (χ4n) is 5.20. The summed E-state index contributed by atoms with van der Waals surface area (Å²) in [6, 6.07) is 8.85. The molecule has 10 nitrogen and oxygen atoms in total. The Kier molecular flexibility index (Phi) is 7.47. The molecule has 1 fully saturated rings. The molecule has 0 radical (unpaired) electrons. The van der Waals surface area contributed by atoms with Gasteiger partial charge in [0.05, 0.1) is 17.8 Å². The number of anilines is 1. The minimum atomic E-state index is -1.04. The van der Waals surface area contributed by atoms with Crippen molar-refractivity contribution in [2.45, 2.75) is 25.8 Å². The lowest BCUT2D eigenvalue weighted by Gasteiger charge is -2.39. The third kappa shape index (κ3) is 5.42. The van der Waals surface area contributed by atoms with Crippen molar-refractivity contribution >= 4 is 40.3 Å². The molecule has 39 heavy (non-hydrogen) atoms. The van der Waals surface area contributed by atoms with Gasteiger partial charge in [-0.2, -0.15) is 5.10 Å². The minimum absolute atomic E-state index is 0.0765. The number of carbonyl (C=O) groups is 2. The van der Waals surface area contributed by atoms with Gasteiger partial charge in [0, 0.05) is 85.9 Å². The maximum atomic E-state index is 13.9. The largest absolute Gasteiger partial charge is 0.465 e. The SMILES string of the molecule is CC(C)N(CC(C(=O)N1CCN(c2c(-c3cnn(C)c3)cnc3[nH]ccc23)CC1)c1ccc(Cl)cc1)C(=O)O. The van der Waals surface area contributed by atoms with Crippen molar-refractivity contribution < 1.29 is 14.7 Å². The highest BCUT2D eigenvalue weighted by molar-refractivity contribution is 6.30. The van der Waals surface area contributed by atoms with Crippen LogP contribution in [-0.2, 0) is 11.8 Å². The molecule has 204 valence electrons. The van der Waals surface area contributed by atoms with Crippen molar-refractivity contribution in [2.24, 2.45) is 7.05 Å². The second-order valence-corrected chi connectivity index (χ2v) is 10.5. The first-order valence-electron chi connectivity index (χ1n) is 13.0. The van der Waals surface area contributed by atoms with Crippen molar-refractivity contribution in [3.63, 3.8) is 0 Å². The monoisotopic (exact) mass is 549 g/mol. The van der Waals surface area contributed by atoms with Crippen molar-refractivity contribution in [3.8, 4) is 11.1 Å². The summed E-state index contributed by atoms with van der Waals surface area (Å²) in [7, 11) is 1.89. The summed E-state index contributed by atoms with van der Waals surface area (Å²) in [5, 5.41) is 15.7. The number of aromatic nitrogens is 4. The molecule has 0 spiro atoms. The highest BCUT2D eigenvalue weighted by Crippen LogP contribution is 2.37. The predicted molar refractivity (Wildman–Crippen MR) is 151 cm³/mol. The van der Waals surface area contributed by atoms with E-state index in [-0.39, 0.29) is 18.5 Å². The van der Waals surface area contributed by atoms with Gasteiger partial charge in [0.15, 0.2) is 0 Å². The maximum absolute atomic E-state index is 13.9. The Bertz CT molecular complexity index is 1470. The average Bonchev–Trinajstić information content (AvgIpc) is 3.57. The van der Waals surface area contributed by atoms with Gasteiger partial charge >= 0.3 is 6.09 Å². The van der Waals surface area contributed by atoms with E-state index in [1.165, 1.54) is 4.90 Å². The highest BCUT2D eigenvalue weighted by atomic mass is 35.5. The van der Waals surface area contributed by atoms with Gasteiger partial charge in [-0.25, -0.2) is 9.78 Å². The van der Waals surface area contributed by atoms with Crippen molar-refractivity contribution in [3.05, 3.63) is 65.7 Å². The summed E-state index contributed by atoms with van der Waals surface area (Å²) in [5.74, 6) is -0.714. The zero-order valence-corrected chi connectivity index (χ0v) is 23.0. The van der Waals surface area contributed by atoms with Gasteiger partial charge in [-0.15, -0.1) is 0 Å². The van der Waals surface area contributed by atoms with Crippen LogP contribution in [0.2, 0.25) is 5.02 Å². The zero-order chi connectivity index (χ0) is 27.7. The molecule has 2 amide bonds. The van der Waals surface area contributed by atoms with E-state index in [2.05, 4.69) is 20.0 Å². The normalized spacial score (nSPS) is 14.7. The molecule has 1 saturated heterocycles. The Morgan fingerprint density at radius 1 is 1.10 bits per heavy atom. The number of carboxylic acid groups (broad SMARTS) is 1. The van der Waals surface area contributed by atoms with E-state index in [9.17, 15) is 14.7 Å². The van der Waals surface area contributed by atoms with E-state index in [1.54, 1.807) is 28.9 Å². The number of pyridine rings is 1. The van der Waals surface area contributed by atoms with E-state index in [0.29, 0.717) is 31.2 Å². The topological polar surface area (TPSA) is 111 Å². The lowest BCUT2D eigenvalue weighted by Crippen LogP contribution is -2.52. The molecule has 1 unspecified atom stereocenters. The van der Waals surface area contributed by atoms with Crippen LogP contribution >= 0.6 is 11.6 Å². The van der Waals surface area contributed by atoms with Gasteiger partial charge in [-0.3, -0.25) is 9.48 Å². The third-order valence-electron chi connectivity index (χ3n) is 7.30. The standard InChI is InChI=1S/C28H32ClN7O3/c1-18(2)36(28(38)39)17-24(19-4-6-21(29)7-5-19)27(37)35-12-10-34(11-13-35)25-22-8-9-30-26(22)31-15-23(25)20-14-32-33(3)16-20/h4-9,14-16,18,24H,10-13,17H2,1-3H3,(H,30,31)(H,38,39). The molecule has 1 aromatic carbocycles. The molecule has 2 N–H and O–H groups in total. The number of piperazine rings is 1. The van der Waals surface area contributed by atoms with Crippen LogP contribution in [0, 0.1) is 0 Å². The fraction of sp³-hybridized carbons (Fsp3) is 0.357. The first kappa shape index (κ1) is 26.6. The van der Waals surface area contributed by atoms with Crippen molar-refractivity contribution in [2.75, 3.05) is 37.6 Å². The maximum Gasteiger partial charge on any atom is 0.407 e. The summed E-state index contributed by atoms with van der Waals surface area (Å²) in [6.07, 6.45) is 6.51. The average molecular weight is 550 g/mol. The number of nitrogens with zero attached hydrogens (tertiary/aromatic N) is 6. The second-order valence-electron chi connectivity index (χ2n) is 10.1. The molecule has 4 heterocycles. The van der Waals surface area contributed by atoms with Crippen LogP contribution in [0.3, 0.4) is 0 Å². The van der Waals surface area contributed by atoms with Gasteiger partial charge in [0.1, 0.15) is 5.65 Å². The number of nitrogens with one attached hydrogen (secondary N) is 1. The first-order valence-corrected chi connectivity index (χ1v) is 13.3. The van der Waals surface area contributed by atoms with Crippen molar-refractivity contribution in [1.82, 2.24) is 29.5 Å². The number of hydrogen-bond donors (Lipinski definition) is 2. The van der Waals surface area contributed by atoms with Gasteiger partial charge in [-0.05, 0) is 37.6 Å². The van der Waals surface area contributed by atoms with Crippen LogP contribution in [0.4, 0.5) is 10.5 Å². The van der Waals surface area contributed by atoms with E-state index in [1.807, 2.05) is 56.6 Å². The number of halogens is 1. The number of aryl methyl sites for hydroxylation is 1. The predicted octanol–water partition coefficient (Wildman–Crippen LogP) is 4.44. The summed E-state index contributed by atoms with van der Waals surface area (Å²) in [4.78, 5) is 39.1. The molecule has 1 aliphatic heterocycles. The van der Waals surface area contributed by atoms with Crippen LogP contribution in [-0.4, -0.2) is 85.4 Å². The van der Waals surface area contributed by atoms with Crippen LogP contribution in [0.15, 0.2) is 55.1 Å². The molecule has 5 rings (SSSR count). The van der Waals surface area contributed by atoms with Gasteiger partial charge < -0.3 is 24.8 Å². The quantitative estimate of drug-likeness (QED) is 0.353. The lowest BCUT2D eigenvalue weighted by molar-refractivity contribution is -0.133. The number of benzene rings is 1. The second kappa shape index (κ2) is 11.0. The molecular weight excluding hydrogens is 518 g/mol. The van der Waals surface area contributed by atoms with Crippen LogP contribution < -0.4 is 4.90 Å². The summed E-state index contributed by atoms with van der Waals surface area (Å²) in [6.45, 7) is 5.98. The number of rotatable bonds is 7. The fourth-order valence-corrected chi connectivity index (χ4v) is 5.33. The van der Waals surface area contributed by atoms with E-state index in [4.69, 9.17) is 11.6 Å². The number of hydrogen-bond acceptors (Lipinski definition) is 5. The number of H-pyrrole nitrogens is 1. The molecule has 0 saturated carbocycles. The number of aromatic amines is 1. The number of fused-ring (bicyclic) bond motifs is 1. The Hall–Kier alpha value is -4.05. The molecule has 3 aromatic heterocycles. The summed E-state index contributed by atoms with van der Waals surface area (Å²) >= 11 is 6.10. The van der Waals surface area contributed by atoms with Gasteiger partial charge in [0.2, 0.25) is 5.91 Å². The van der Waals surface area contributed by atoms with Gasteiger partial charge in [0.25, 0.3) is 0 Å². The summed E-state index contributed by atoms with van der Waals surface area (Å²) in [5.41, 5.74) is 4.59. The molecule has 0 aliphatic carbocycles.